The molecule has 1 aromatic rings. The van der Waals surface area contributed by atoms with Gasteiger partial charge in [-0.15, -0.1) is 0 Å². The number of rotatable bonds is 5. The van der Waals surface area contributed by atoms with E-state index in [9.17, 15) is 5.11 Å². The standard InChI is InChI=1S/C11H21N3O/c1-5-14-10(12-8-13-14)7-11(4,15)6-9(2)3/h8-9,15H,5-7H2,1-4H3. The predicted octanol–water partition coefficient (Wildman–Crippen LogP) is 1.64. The fraction of sp³-hybridized carbons (Fsp3) is 0.818. The molecule has 0 amide bonds. The van der Waals surface area contributed by atoms with Crippen molar-refractivity contribution in [3.05, 3.63) is 12.2 Å². The van der Waals surface area contributed by atoms with Crippen molar-refractivity contribution in [1.82, 2.24) is 14.8 Å². The van der Waals surface area contributed by atoms with Gasteiger partial charge in [-0.25, -0.2) is 4.98 Å². The summed E-state index contributed by atoms with van der Waals surface area (Å²) in [6.45, 7) is 8.90. The van der Waals surface area contributed by atoms with Crippen molar-refractivity contribution in [2.75, 3.05) is 0 Å². The monoisotopic (exact) mass is 211 g/mol. The summed E-state index contributed by atoms with van der Waals surface area (Å²) in [6, 6.07) is 0. The van der Waals surface area contributed by atoms with E-state index in [4.69, 9.17) is 0 Å². The van der Waals surface area contributed by atoms with Crippen molar-refractivity contribution in [3.8, 4) is 0 Å². The molecule has 86 valence electrons. The van der Waals surface area contributed by atoms with Gasteiger partial charge in [0.05, 0.1) is 5.60 Å². The third-order valence-electron chi connectivity index (χ3n) is 2.38. The van der Waals surface area contributed by atoms with E-state index < -0.39 is 5.60 Å². The van der Waals surface area contributed by atoms with E-state index in [-0.39, 0.29) is 0 Å². The highest BCUT2D eigenvalue weighted by atomic mass is 16.3. The Morgan fingerprint density at radius 1 is 1.53 bits per heavy atom. The molecule has 0 spiro atoms. The second-order valence-electron chi connectivity index (χ2n) is 4.76. The summed E-state index contributed by atoms with van der Waals surface area (Å²) < 4.78 is 1.83. The van der Waals surface area contributed by atoms with Crippen LogP contribution in [0.15, 0.2) is 6.33 Å². The number of nitrogens with zero attached hydrogens (tertiary/aromatic N) is 3. The highest BCUT2D eigenvalue weighted by molar-refractivity contribution is 4.93. The second kappa shape index (κ2) is 4.75. The maximum atomic E-state index is 10.2. The molecule has 0 saturated heterocycles. The van der Waals surface area contributed by atoms with Crippen LogP contribution < -0.4 is 0 Å². The van der Waals surface area contributed by atoms with E-state index >= 15 is 0 Å². The summed E-state index contributed by atoms with van der Waals surface area (Å²) in [6.07, 6.45) is 2.90. The van der Waals surface area contributed by atoms with E-state index in [0.29, 0.717) is 12.3 Å². The van der Waals surface area contributed by atoms with Crippen molar-refractivity contribution in [3.63, 3.8) is 0 Å². The number of aliphatic hydroxyl groups is 1. The van der Waals surface area contributed by atoms with Crippen LogP contribution >= 0.6 is 0 Å². The van der Waals surface area contributed by atoms with E-state index in [1.54, 1.807) is 6.33 Å². The van der Waals surface area contributed by atoms with Gasteiger partial charge in [0, 0.05) is 13.0 Å². The van der Waals surface area contributed by atoms with Crippen LogP contribution in [0.3, 0.4) is 0 Å². The Bertz CT molecular complexity index is 305. The zero-order chi connectivity index (χ0) is 11.5. The molecule has 0 aliphatic heterocycles. The highest BCUT2D eigenvalue weighted by Crippen LogP contribution is 2.20. The van der Waals surface area contributed by atoms with Crippen LogP contribution in [0.25, 0.3) is 0 Å². The van der Waals surface area contributed by atoms with Crippen LogP contribution in [0, 0.1) is 5.92 Å². The van der Waals surface area contributed by atoms with Crippen LogP contribution in [0.5, 0.6) is 0 Å². The molecule has 1 unspecified atom stereocenters. The Morgan fingerprint density at radius 3 is 2.73 bits per heavy atom. The lowest BCUT2D eigenvalue weighted by Crippen LogP contribution is -2.30. The molecule has 4 heteroatoms. The van der Waals surface area contributed by atoms with Gasteiger partial charge in [0.15, 0.2) is 0 Å². The lowest BCUT2D eigenvalue weighted by molar-refractivity contribution is 0.0359. The average molecular weight is 211 g/mol. The summed E-state index contributed by atoms with van der Waals surface area (Å²) in [5.74, 6) is 1.35. The fourth-order valence-electron chi connectivity index (χ4n) is 1.98. The normalized spacial score (nSPS) is 15.6. The lowest BCUT2D eigenvalue weighted by Gasteiger charge is -2.24. The number of hydrogen-bond acceptors (Lipinski definition) is 3. The summed E-state index contributed by atoms with van der Waals surface area (Å²) in [7, 11) is 0. The topological polar surface area (TPSA) is 50.9 Å². The van der Waals surface area contributed by atoms with Crippen molar-refractivity contribution in [2.45, 2.75) is 52.7 Å². The molecule has 15 heavy (non-hydrogen) atoms. The van der Waals surface area contributed by atoms with E-state index in [1.165, 1.54) is 0 Å². The van der Waals surface area contributed by atoms with Gasteiger partial charge in [-0.1, -0.05) is 13.8 Å². The number of aromatic nitrogens is 3. The minimum Gasteiger partial charge on any atom is -0.390 e. The number of aryl methyl sites for hydroxylation is 1. The minimum absolute atomic E-state index is 0.484. The quantitative estimate of drug-likeness (QED) is 0.805. The molecular weight excluding hydrogens is 190 g/mol. The molecule has 0 radical (unpaired) electrons. The molecule has 0 aliphatic carbocycles. The third kappa shape index (κ3) is 3.63. The molecule has 0 saturated carbocycles. The molecule has 1 aromatic heterocycles. The van der Waals surface area contributed by atoms with Gasteiger partial charge in [0.25, 0.3) is 0 Å². The van der Waals surface area contributed by atoms with Gasteiger partial charge in [0.2, 0.25) is 0 Å². The van der Waals surface area contributed by atoms with E-state index in [1.807, 2.05) is 18.5 Å². The molecule has 0 bridgehead atoms. The first-order valence-corrected chi connectivity index (χ1v) is 5.53. The predicted molar refractivity (Wildman–Crippen MR) is 59.5 cm³/mol. The first-order valence-electron chi connectivity index (χ1n) is 5.53. The smallest absolute Gasteiger partial charge is 0.138 e. The van der Waals surface area contributed by atoms with Crippen LogP contribution in [0.1, 0.15) is 39.9 Å². The lowest BCUT2D eigenvalue weighted by atomic mass is 9.91. The maximum Gasteiger partial charge on any atom is 0.138 e. The largest absolute Gasteiger partial charge is 0.390 e. The number of hydrogen-bond donors (Lipinski definition) is 1. The molecular formula is C11H21N3O. The summed E-state index contributed by atoms with van der Waals surface area (Å²) in [4.78, 5) is 4.17. The first-order chi connectivity index (χ1) is 6.94. The van der Waals surface area contributed by atoms with Crippen molar-refractivity contribution in [2.24, 2.45) is 5.92 Å². The van der Waals surface area contributed by atoms with Crippen LogP contribution in [-0.2, 0) is 13.0 Å². The Kier molecular flexibility index (Phi) is 3.85. The zero-order valence-electron chi connectivity index (χ0n) is 10.1. The van der Waals surface area contributed by atoms with Crippen molar-refractivity contribution in [1.29, 1.82) is 0 Å². The average Bonchev–Trinajstić information content (AvgIpc) is 2.48. The Hall–Kier alpha value is -0.900. The molecule has 1 N–H and O–H groups in total. The zero-order valence-corrected chi connectivity index (χ0v) is 10.1. The SMILES string of the molecule is CCn1ncnc1CC(C)(O)CC(C)C. The van der Waals surface area contributed by atoms with E-state index in [0.717, 1.165) is 18.8 Å². The van der Waals surface area contributed by atoms with Gasteiger partial charge in [-0.2, -0.15) is 5.10 Å². The van der Waals surface area contributed by atoms with Gasteiger partial charge >= 0.3 is 0 Å². The van der Waals surface area contributed by atoms with Crippen LogP contribution in [-0.4, -0.2) is 25.5 Å². The summed E-state index contributed by atoms with van der Waals surface area (Å²) >= 11 is 0. The van der Waals surface area contributed by atoms with E-state index in [2.05, 4.69) is 23.9 Å². The molecule has 0 fully saturated rings. The fourth-order valence-corrected chi connectivity index (χ4v) is 1.98. The van der Waals surface area contributed by atoms with Gasteiger partial charge in [0.1, 0.15) is 12.2 Å². The highest BCUT2D eigenvalue weighted by Gasteiger charge is 2.24. The van der Waals surface area contributed by atoms with Gasteiger partial charge in [-0.3, -0.25) is 4.68 Å². The third-order valence-corrected chi connectivity index (χ3v) is 2.38. The molecule has 1 atom stereocenters. The summed E-state index contributed by atoms with van der Waals surface area (Å²) in [5.41, 5.74) is -0.686. The molecule has 0 aliphatic rings. The maximum absolute atomic E-state index is 10.2. The molecule has 1 rings (SSSR count). The molecule has 0 aromatic carbocycles. The second-order valence-corrected chi connectivity index (χ2v) is 4.76. The van der Waals surface area contributed by atoms with Crippen molar-refractivity contribution < 1.29 is 5.11 Å². The van der Waals surface area contributed by atoms with Crippen LogP contribution in [0.4, 0.5) is 0 Å². The molecule has 4 nitrogen and oxygen atoms in total. The Balaban J connectivity index is 2.68. The minimum atomic E-state index is -0.686. The van der Waals surface area contributed by atoms with Gasteiger partial charge < -0.3 is 5.11 Å². The molecule has 1 heterocycles. The van der Waals surface area contributed by atoms with Crippen LogP contribution in [0.2, 0.25) is 0 Å². The van der Waals surface area contributed by atoms with Crippen molar-refractivity contribution >= 4 is 0 Å². The van der Waals surface area contributed by atoms with Gasteiger partial charge in [-0.05, 0) is 26.2 Å². The first kappa shape index (κ1) is 12.2. The summed E-state index contributed by atoms with van der Waals surface area (Å²) in [5, 5.41) is 14.3. The Labute approximate surface area is 91.3 Å². The Morgan fingerprint density at radius 2 is 2.20 bits per heavy atom.